The van der Waals surface area contributed by atoms with Gasteiger partial charge in [-0.1, -0.05) is 66.2 Å². The Morgan fingerprint density at radius 3 is 2.43 bits per heavy atom. The molecule has 21 heavy (non-hydrogen) atoms. The second-order valence-electron chi connectivity index (χ2n) is 5.55. The molecule has 0 aromatic heterocycles. The van der Waals surface area contributed by atoms with E-state index < -0.39 is 0 Å². The quantitative estimate of drug-likeness (QED) is 0.749. The van der Waals surface area contributed by atoms with E-state index >= 15 is 0 Å². The summed E-state index contributed by atoms with van der Waals surface area (Å²) in [5, 5.41) is 6.13. The molecule has 0 bridgehead atoms. The van der Waals surface area contributed by atoms with Gasteiger partial charge in [-0.25, -0.2) is 0 Å². The summed E-state index contributed by atoms with van der Waals surface area (Å²) in [6.45, 7) is 5.05. The van der Waals surface area contributed by atoms with Crippen molar-refractivity contribution < 1.29 is 4.79 Å². The average Bonchev–Trinajstić information content (AvgIpc) is 2.56. The van der Waals surface area contributed by atoms with Gasteiger partial charge in [0.2, 0.25) is 0 Å². The summed E-state index contributed by atoms with van der Waals surface area (Å²) in [5.74, 6) is 0.0130. The van der Waals surface area contributed by atoms with Crippen molar-refractivity contribution >= 4 is 32.6 Å². The first-order valence-corrected chi connectivity index (χ1v) is 8.60. The fourth-order valence-corrected chi connectivity index (χ4v) is 3.51. The molecule has 2 aromatic carbocycles. The lowest BCUT2D eigenvalue weighted by Gasteiger charge is -2.29. The standard InChI is InChI=1S/C18H22BrNO/c1-3-18(4-2,12-19)13-20-17(21)16-11-7-9-14-8-5-6-10-15(14)16/h5-11H,3-4,12-13H2,1-2H3,(H,20,21). The van der Waals surface area contributed by atoms with E-state index in [9.17, 15) is 4.79 Å². The summed E-state index contributed by atoms with van der Waals surface area (Å²) in [7, 11) is 0. The van der Waals surface area contributed by atoms with Crippen molar-refractivity contribution in [1.82, 2.24) is 5.32 Å². The number of fused-ring (bicyclic) bond motifs is 1. The molecule has 0 aliphatic rings. The molecule has 2 rings (SSSR count). The van der Waals surface area contributed by atoms with Crippen LogP contribution in [0.3, 0.4) is 0 Å². The van der Waals surface area contributed by atoms with Gasteiger partial charge >= 0.3 is 0 Å². The Kier molecular flexibility index (Phi) is 5.40. The highest BCUT2D eigenvalue weighted by Crippen LogP contribution is 2.28. The Balaban J connectivity index is 2.20. The molecule has 0 unspecified atom stereocenters. The highest BCUT2D eigenvalue weighted by Gasteiger charge is 2.25. The number of hydrogen-bond acceptors (Lipinski definition) is 1. The number of halogens is 1. The summed E-state index contributed by atoms with van der Waals surface area (Å²) < 4.78 is 0. The summed E-state index contributed by atoms with van der Waals surface area (Å²) >= 11 is 3.59. The Morgan fingerprint density at radius 1 is 1.10 bits per heavy atom. The molecule has 0 aliphatic heterocycles. The van der Waals surface area contributed by atoms with Crippen LogP contribution in [0.4, 0.5) is 0 Å². The van der Waals surface area contributed by atoms with Crippen LogP contribution < -0.4 is 5.32 Å². The molecule has 0 saturated heterocycles. The van der Waals surface area contributed by atoms with Crippen LogP contribution in [0.25, 0.3) is 10.8 Å². The normalized spacial score (nSPS) is 11.6. The van der Waals surface area contributed by atoms with Crippen LogP contribution in [0.5, 0.6) is 0 Å². The minimum Gasteiger partial charge on any atom is -0.351 e. The van der Waals surface area contributed by atoms with Crippen LogP contribution in [-0.4, -0.2) is 17.8 Å². The Bertz CT molecular complexity index is 606. The van der Waals surface area contributed by atoms with Crippen molar-refractivity contribution in [3.05, 3.63) is 48.0 Å². The molecule has 0 atom stereocenters. The van der Waals surface area contributed by atoms with Crippen molar-refractivity contribution in [2.45, 2.75) is 26.7 Å². The van der Waals surface area contributed by atoms with E-state index in [0.717, 1.165) is 34.5 Å². The lowest BCUT2D eigenvalue weighted by Crippen LogP contribution is -2.38. The second-order valence-corrected chi connectivity index (χ2v) is 6.11. The lowest BCUT2D eigenvalue weighted by atomic mass is 9.84. The Morgan fingerprint density at radius 2 is 1.76 bits per heavy atom. The first-order chi connectivity index (χ1) is 10.2. The van der Waals surface area contributed by atoms with Gasteiger partial charge in [-0.3, -0.25) is 4.79 Å². The third-order valence-electron chi connectivity index (χ3n) is 4.44. The minimum atomic E-state index is 0.0130. The van der Waals surface area contributed by atoms with Gasteiger partial charge in [-0.15, -0.1) is 0 Å². The van der Waals surface area contributed by atoms with Crippen LogP contribution in [0.1, 0.15) is 37.0 Å². The van der Waals surface area contributed by atoms with Crippen molar-refractivity contribution in [1.29, 1.82) is 0 Å². The van der Waals surface area contributed by atoms with Gasteiger partial charge in [0.25, 0.3) is 5.91 Å². The lowest BCUT2D eigenvalue weighted by molar-refractivity contribution is 0.0934. The molecule has 1 N–H and O–H groups in total. The molecule has 112 valence electrons. The number of carbonyl (C=O) groups excluding carboxylic acids is 1. The topological polar surface area (TPSA) is 29.1 Å². The largest absolute Gasteiger partial charge is 0.351 e. The van der Waals surface area contributed by atoms with Gasteiger partial charge < -0.3 is 5.32 Å². The minimum absolute atomic E-state index is 0.0130. The van der Waals surface area contributed by atoms with E-state index in [1.54, 1.807) is 0 Å². The number of nitrogens with one attached hydrogen (secondary N) is 1. The van der Waals surface area contributed by atoms with Gasteiger partial charge in [-0.2, -0.15) is 0 Å². The maximum Gasteiger partial charge on any atom is 0.251 e. The molecule has 0 aliphatic carbocycles. The molecule has 0 radical (unpaired) electrons. The van der Waals surface area contributed by atoms with Gasteiger partial charge in [0.05, 0.1) is 0 Å². The SMILES string of the molecule is CCC(CC)(CBr)CNC(=O)c1cccc2ccccc12. The van der Waals surface area contributed by atoms with E-state index in [0.29, 0.717) is 6.54 Å². The van der Waals surface area contributed by atoms with E-state index in [2.05, 4.69) is 35.1 Å². The molecule has 3 heteroatoms. The fourth-order valence-electron chi connectivity index (χ4n) is 2.52. The van der Waals surface area contributed by atoms with Crippen molar-refractivity contribution in [2.24, 2.45) is 5.41 Å². The van der Waals surface area contributed by atoms with E-state index in [-0.39, 0.29) is 11.3 Å². The van der Waals surface area contributed by atoms with Gasteiger partial charge in [0.1, 0.15) is 0 Å². The van der Waals surface area contributed by atoms with Crippen molar-refractivity contribution in [3.63, 3.8) is 0 Å². The Labute approximate surface area is 135 Å². The third kappa shape index (κ3) is 3.46. The van der Waals surface area contributed by atoms with Gasteiger partial charge in [0.15, 0.2) is 0 Å². The van der Waals surface area contributed by atoms with Gasteiger partial charge in [0, 0.05) is 17.4 Å². The predicted molar refractivity (Wildman–Crippen MR) is 93.1 cm³/mol. The predicted octanol–water partition coefficient (Wildman–Crippen LogP) is 4.77. The number of benzene rings is 2. The second kappa shape index (κ2) is 7.08. The third-order valence-corrected chi connectivity index (χ3v) is 5.63. The van der Waals surface area contributed by atoms with Gasteiger partial charge in [-0.05, 0) is 35.1 Å². The highest BCUT2D eigenvalue weighted by molar-refractivity contribution is 9.09. The summed E-state index contributed by atoms with van der Waals surface area (Å²) in [6.07, 6.45) is 2.09. The first kappa shape index (κ1) is 16.0. The zero-order valence-corrected chi connectivity index (χ0v) is 14.2. The molecule has 0 spiro atoms. The van der Waals surface area contributed by atoms with Crippen LogP contribution in [0.2, 0.25) is 0 Å². The average molecular weight is 348 g/mol. The molecular weight excluding hydrogens is 326 g/mol. The summed E-state index contributed by atoms with van der Waals surface area (Å²) in [5.41, 5.74) is 0.893. The molecule has 2 nitrogen and oxygen atoms in total. The van der Waals surface area contributed by atoms with E-state index in [1.807, 2.05) is 42.5 Å². The molecule has 0 fully saturated rings. The maximum absolute atomic E-state index is 12.5. The van der Waals surface area contributed by atoms with Crippen LogP contribution in [0.15, 0.2) is 42.5 Å². The molecule has 0 saturated carbocycles. The highest BCUT2D eigenvalue weighted by atomic mass is 79.9. The van der Waals surface area contributed by atoms with Crippen LogP contribution in [0, 0.1) is 5.41 Å². The summed E-state index contributed by atoms with van der Waals surface area (Å²) in [4.78, 5) is 12.5. The zero-order chi connectivity index (χ0) is 15.3. The number of amides is 1. The van der Waals surface area contributed by atoms with E-state index in [1.165, 1.54) is 0 Å². The van der Waals surface area contributed by atoms with Crippen molar-refractivity contribution in [3.8, 4) is 0 Å². The number of alkyl halides is 1. The number of hydrogen-bond donors (Lipinski definition) is 1. The smallest absolute Gasteiger partial charge is 0.251 e. The molecule has 0 heterocycles. The van der Waals surface area contributed by atoms with Crippen LogP contribution in [-0.2, 0) is 0 Å². The monoisotopic (exact) mass is 347 g/mol. The number of carbonyl (C=O) groups is 1. The molecular formula is C18H22BrNO. The zero-order valence-electron chi connectivity index (χ0n) is 12.7. The van der Waals surface area contributed by atoms with E-state index in [4.69, 9.17) is 0 Å². The molecule has 1 amide bonds. The fraction of sp³-hybridized carbons (Fsp3) is 0.389. The number of rotatable bonds is 6. The van der Waals surface area contributed by atoms with Crippen LogP contribution >= 0.6 is 15.9 Å². The summed E-state index contributed by atoms with van der Waals surface area (Å²) in [6, 6.07) is 13.9. The molecule has 2 aromatic rings. The van der Waals surface area contributed by atoms with Crippen molar-refractivity contribution in [2.75, 3.05) is 11.9 Å². The first-order valence-electron chi connectivity index (χ1n) is 7.47. The maximum atomic E-state index is 12.5. The Hall–Kier alpha value is -1.35.